The molecule has 1 aliphatic rings. The summed E-state index contributed by atoms with van der Waals surface area (Å²) in [4.78, 5) is 27.7. The molecule has 23 heavy (non-hydrogen) atoms. The number of nitrogens with one attached hydrogen (secondary N) is 1. The molecule has 7 heteroatoms. The predicted octanol–water partition coefficient (Wildman–Crippen LogP) is 2.43. The highest BCUT2D eigenvalue weighted by Crippen LogP contribution is 2.49. The molecule has 2 aromatic rings. The van der Waals surface area contributed by atoms with E-state index in [-0.39, 0.29) is 11.0 Å². The Labute approximate surface area is 133 Å². The van der Waals surface area contributed by atoms with E-state index in [0.29, 0.717) is 17.9 Å². The predicted molar refractivity (Wildman–Crippen MR) is 85.5 cm³/mol. The number of likely N-dealkylation sites (tertiary alicyclic amines) is 1. The second kappa shape index (κ2) is 5.11. The maximum Gasteiger partial charge on any atom is 0.408 e. The molecule has 0 aromatic carbocycles. The molecule has 2 aromatic heterocycles. The van der Waals surface area contributed by atoms with E-state index >= 15 is 0 Å². The Bertz CT molecular complexity index is 801. The highest BCUT2D eigenvalue weighted by atomic mass is 16.4. The second-order valence-corrected chi connectivity index (χ2v) is 7.17. The fraction of sp³-hybridized carbons (Fsp3) is 0.562. The molecule has 0 saturated carbocycles. The van der Waals surface area contributed by atoms with Crippen LogP contribution in [0.3, 0.4) is 0 Å². The number of hydrogen-bond donors (Lipinski definition) is 2. The number of fused-ring (bicyclic) bond motifs is 1. The van der Waals surface area contributed by atoms with Gasteiger partial charge in [-0.25, -0.2) is 9.31 Å². The van der Waals surface area contributed by atoms with Gasteiger partial charge in [-0.05, 0) is 24.7 Å². The number of rotatable bonds is 1. The number of nitrogens with zero attached hydrogens (tertiary/aromatic N) is 3. The van der Waals surface area contributed by atoms with E-state index in [4.69, 9.17) is 0 Å². The van der Waals surface area contributed by atoms with Gasteiger partial charge in [-0.3, -0.25) is 9.69 Å². The van der Waals surface area contributed by atoms with Crippen molar-refractivity contribution in [2.45, 2.75) is 45.6 Å². The monoisotopic (exact) mass is 318 g/mol. The fourth-order valence-electron chi connectivity index (χ4n) is 3.78. The number of carbonyl (C=O) groups is 1. The molecule has 1 aliphatic heterocycles. The van der Waals surface area contributed by atoms with Crippen LogP contribution in [0.25, 0.3) is 5.65 Å². The van der Waals surface area contributed by atoms with Crippen LogP contribution in [-0.2, 0) is 5.54 Å². The number of carboxylic acid groups (broad SMARTS) is 1. The minimum Gasteiger partial charge on any atom is -0.465 e. The molecule has 0 spiro atoms. The van der Waals surface area contributed by atoms with Gasteiger partial charge in [0.05, 0.1) is 11.2 Å². The molecule has 1 unspecified atom stereocenters. The standard InChI is InChI=1S/C16H22N4O3/c1-15(2,3)16(7-4-5-8-19(16)14(22)23)11-10-12-17-13(21)6-9-20(12)18-11/h6,9-10H,4-5,7-8H2,1-3H3,(H,17,21)(H,22,23). The largest absolute Gasteiger partial charge is 0.465 e. The maximum atomic E-state index is 11.9. The van der Waals surface area contributed by atoms with Crippen molar-refractivity contribution in [2.24, 2.45) is 5.41 Å². The lowest BCUT2D eigenvalue weighted by Crippen LogP contribution is -2.59. The van der Waals surface area contributed by atoms with Crippen molar-refractivity contribution in [2.75, 3.05) is 6.54 Å². The third kappa shape index (κ3) is 2.31. The van der Waals surface area contributed by atoms with E-state index < -0.39 is 11.6 Å². The van der Waals surface area contributed by atoms with Gasteiger partial charge >= 0.3 is 6.09 Å². The summed E-state index contributed by atoms with van der Waals surface area (Å²) in [6, 6.07) is 3.21. The van der Waals surface area contributed by atoms with Crippen LogP contribution in [0.15, 0.2) is 23.1 Å². The lowest BCUT2D eigenvalue weighted by molar-refractivity contribution is -0.0324. The minimum absolute atomic E-state index is 0.201. The van der Waals surface area contributed by atoms with Gasteiger partial charge in [0.25, 0.3) is 5.56 Å². The summed E-state index contributed by atoms with van der Waals surface area (Å²) in [6.45, 7) is 6.63. The van der Waals surface area contributed by atoms with Crippen LogP contribution in [0.4, 0.5) is 4.79 Å². The van der Waals surface area contributed by atoms with Crippen LogP contribution < -0.4 is 5.56 Å². The average molecular weight is 318 g/mol. The molecule has 0 aliphatic carbocycles. The molecule has 0 bridgehead atoms. The van der Waals surface area contributed by atoms with E-state index in [0.717, 1.165) is 19.3 Å². The van der Waals surface area contributed by atoms with Gasteiger partial charge in [0.15, 0.2) is 0 Å². The summed E-state index contributed by atoms with van der Waals surface area (Å²) in [5.41, 5.74) is 0.0257. The Morgan fingerprint density at radius 2 is 2.13 bits per heavy atom. The molecule has 1 fully saturated rings. The van der Waals surface area contributed by atoms with Gasteiger partial charge in [0, 0.05) is 24.9 Å². The smallest absolute Gasteiger partial charge is 0.408 e. The highest BCUT2D eigenvalue weighted by molar-refractivity contribution is 5.67. The Balaban J connectivity index is 2.25. The zero-order valence-electron chi connectivity index (χ0n) is 13.7. The van der Waals surface area contributed by atoms with Gasteiger partial charge in [0.2, 0.25) is 0 Å². The van der Waals surface area contributed by atoms with E-state index in [9.17, 15) is 14.7 Å². The summed E-state index contributed by atoms with van der Waals surface area (Å²) in [5, 5.41) is 14.3. The average Bonchev–Trinajstić information content (AvgIpc) is 2.89. The van der Waals surface area contributed by atoms with Crippen LogP contribution in [0.5, 0.6) is 0 Å². The third-order valence-corrected chi connectivity index (χ3v) is 4.88. The summed E-state index contributed by atoms with van der Waals surface area (Å²) in [7, 11) is 0. The number of aromatic amines is 1. The van der Waals surface area contributed by atoms with E-state index in [1.807, 2.05) is 20.8 Å². The second-order valence-electron chi connectivity index (χ2n) is 7.17. The molecular weight excluding hydrogens is 296 g/mol. The van der Waals surface area contributed by atoms with Crippen LogP contribution in [0.1, 0.15) is 45.7 Å². The van der Waals surface area contributed by atoms with Gasteiger partial charge < -0.3 is 10.1 Å². The molecule has 2 N–H and O–H groups in total. The Hall–Kier alpha value is -2.31. The molecule has 0 radical (unpaired) electrons. The van der Waals surface area contributed by atoms with Gasteiger partial charge in [-0.2, -0.15) is 5.10 Å². The van der Waals surface area contributed by atoms with Crippen molar-refractivity contribution >= 4 is 11.7 Å². The first-order valence-electron chi connectivity index (χ1n) is 7.85. The van der Waals surface area contributed by atoms with Gasteiger partial charge in [-0.1, -0.05) is 20.8 Å². The topological polar surface area (TPSA) is 90.7 Å². The fourth-order valence-corrected chi connectivity index (χ4v) is 3.78. The number of hydrogen-bond acceptors (Lipinski definition) is 3. The molecule has 3 heterocycles. The summed E-state index contributed by atoms with van der Waals surface area (Å²) >= 11 is 0. The number of piperidine rings is 1. The van der Waals surface area contributed by atoms with Crippen molar-refractivity contribution in [3.63, 3.8) is 0 Å². The zero-order chi connectivity index (χ0) is 16.8. The first kappa shape index (κ1) is 15.6. The SMILES string of the molecule is CC(C)(C)C1(c2cc3[nH]c(=O)ccn3n2)CCCCN1C(=O)O. The van der Waals surface area contributed by atoms with E-state index in [1.165, 1.54) is 11.0 Å². The third-order valence-electron chi connectivity index (χ3n) is 4.88. The molecule has 1 saturated heterocycles. The van der Waals surface area contributed by atoms with Crippen molar-refractivity contribution in [3.8, 4) is 0 Å². The lowest BCUT2D eigenvalue weighted by atomic mass is 9.66. The molecule has 3 rings (SSSR count). The normalized spacial score (nSPS) is 22.5. The molecular formula is C16H22N4O3. The van der Waals surface area contributed by atoms with Crippen molar-refractivity contribution in [1.29, 1.82) is 0 Å². The van der Waals surface area contributed by atoms with Crippen LogP contribution in [-0.4, -0.2) is 37.2 Å². The first-order chi connectivity index (χ1) is 10.8. The van der Waals surface area contributed by atoms with E-state index in [2.05, 4.69) is 10.1 Å². The molecule has 7 nitrogen and oxygen atoms in total. The van der Waals surface area contributed by atoms with Crippen LogP contribution >= 0.6 is 0 Å². The Morgan fingerprint density at radius 3 is 2.78 bits per heavy atom. The Kier molecular flexibility index (Phi) is 3.46. The summed E-state index contributed by atoms with van der Waals surface area (Å²) in [5.74, 6) is 0. The van der Waals surface area contributed by atoms with Crippen LogP contribution in [0, 0.1) is 5.41 Å². The first-order valence-corrected chi connectivity index (χ1v) is 7.85. The number of H-pyrrole nitrogens is 1. The van der Waals surface area contributed by atoms with Crippen molar-refractivity contribution in [1.82, 2.24) is 19.5 Å². The lowest BCUT2D eigenvalue weighted by Gasteiger charge is -2.52. The summed E-state index contributed by atoms with van der Waals surface area (Å²) < 4.78 is 1.60. The summed E-state index contributed by atoms with van der Waals surface area (Å²) in [6.07, 6.45) is 3.20. The number of amides is 1. The molecule has 1 atom stereocenters. The molecule has 124 valence electrons. The number of aromatic nitrogens is 3. The van der Waals surface area contributed by atoms with E-state index in [1.54, 1.807) is 16.8 Å². The maximum absolute atomic E-state index is 11.9. The zero-order valence-corrected chi connectivity index (χ0v) is 13.7. The minimum atomic E-state index is -0.926. The van der Waals surface area contributed by atoms with Crippen molar-refractivity contribution < 1.29 is 9.90 Å². The quantitative estimate of drug-likeness (QED) is 0.845. The Morgan fingerprint density at radius 1 is 1.39 bits per heavy atom. The van der Waals surface area contributed by atoms with Gasteiger partial charge in [0.1, 0.15) is 5.65 Å². The van der Waals surface area contributed by atoms with Crippen molar-refractivity contribution in [3.05, 3.63) is 34.4 Å². The van der Waals surface area contributed by atoms with Gasteiger partial charge in [-0.15, -0.1) is 0 Å². The molecule has 1 amide bonds. The highest BCUT2D eigenvalue weighted by Gasteiger charge is 2.53. The van der Waals surface area contributed by atoms with Crippen LogP contribution in [0.2, 0.25) is 0 Å².